The molecule has 1 rings (SSSR count). The number of aryl methyl sites for hydroxylation is 1. The molecule has 0 amide bonds. The maximum Gasteiger partial charge on any atom is 0.180 e. The van der Waals surface area contributed by atoms with E-state index in [1.165, 1.54) is 6.07 Å². The first-order valence-electron chi connectivity index (χ1n) is 3.89. The van der Waals surface area contributed by atoms with Crippen LogP contribution < -0.4 is 0 Å². The van der Waals surface area contributed by atoms with Gasteiger partial charge in [0.15, 0.2) is 5.78 Å². The first-order valence-corrected chi connectivity index (χ1v) is 4.43. The van der Waals surface area contributed by atoms with E-state index in [-0.39, 0.29) is 17.0 Å². The van der Waals surface area contributed by atoms with Crippen molar-refractivity contribution in [3.05, 3.63) is 34.6 Å². The number of ketones is 1. The maximum atomic E-state index is 13.2. The molecule has 0 fully saturated rings. The predicted molar refractivity (Wildman–Crippen MR) is 50.9 cm³/mol. The minimum atomic E-state index is -0.696. The van der Waals surface area contributed by atoms with Crippen molar-refractivity contribution in [2.24, 2.45) is 0 Å². The highest BCUT2D eigenvalue weighted by Gasteiger charge is 2.12. The molecule has 1 aromatic rings. The van der Waals surface area contributed by atoms with E-state index in [9.17, 15) is 9.18 Å². The number of alkyl halides is 1. The van der Waals surface area contributed by atoms with Crippen molar-refractivity contribution < 1.29 is 9.18 Å². The summed E-state index contributed by atoms with van der Waals surface area (Å²) in [5.41, 5.74) is 0.743. The summed E-state index contributed by atoms with van der Waals surface area (Å²) in [6.07, 6.45) is 0. The molecule has 0 bridgehead atoms. The van der Waals surface area contributed by atoms with Crippen LogP contribution in [0.2, 0.25) is 0 Å². The Balaban J connectivity index is 3.30. The summed E-state index contributed by atoms with van der Waals surface area (Å²) in [5, 5.41) is 8.60. The molecule has 0 unspecified atom stereocenters. The van der Waals surface area contributed by atoms with Gasteiger partial charge in [0.1, 0.15) is 5.82 Å². The number of Topliss-reactive ketones (excluding diaryl/α,β-unsaturated/α-hetero) is 1. The van der Waals surface area contributed by atoms with E-state index in [4.69, 9.17) is 16.9 Å². The predicted octanol–water partition coefficient (Wildman–Crippen LogP) is 2.43. The summed E-state index contributed by atoms with van der Waals surface area (Å²) < 4.78 is 13.2. The number of carbonyl (C=O) groups is 1. The molecule has 0 spiro atoms. The van der Waals surface area contributed by atoms with E-state index in [1.54, 1.807) is 6.92 Å². The third-order valence-electron chi connectivity index (χ3n) is 1.86. The first kappa shape index (κ1) is 10.7. The molecule has 1 aromatic carbocycles. The van der Waals surface area contributed by atoms with Crippen LogP contribution in [0.1, 0.15) is 21.5 Å². The second kappa shape index (κ2) is 4.21. The van der Waals surface area contributed by atoms with Gasteiger partial charge in [-0.1, -0.05) is 0 Å². The smallest absolute Gasteiger partial charge is 0.180 e. The van der Waals surface area contributed by atoms with Gasteiger partial charge in [-0.25, -0.2) is 4.39 Å². The lowest BCUT2D eigenvalue weighted by Crippen LogP contribution is -2.05. The largest absolute Gasteiger partial charge is 0.293 e. The number of hydrogen-bond acceptors (Lipinski definition) is 2. The maximum absolute atomic E-state index is 13.2. The SMILES string of the molecule is Cc1cc(C(=O)CCl)c(F)cc1C#N. The monoisotopic (exact) mass is 211 g/mol. The molecule has 0 radical (unpaired) electrons. The highest BCUT2D eigenvalue weighted by molar-refractivity contribution is 6.30. The van der Waals surface area contributed by atoms with Gasteiger partial charge in [-0.05, 0) is 24.6 Å². The molecule has 0 atom stereocenters. The Morgan fingerprint density at radius 1 is 1.64 bits per heavy atom. The van der Waals surface area contributed by atoms with Crippen molar-refractivity contribution in [2.75, 3.05) is 5.88 Å². The average molecular weight is 212 g/mol. The van der Waals surface area contributed by atoms with Crippen molar-refractivity contribution in [1.29, 1.82) is 5.26 Å². The van der Waals surface area contributed by atoms with Crippen LogP contribution in [0, 0.1) is 24.1 Å². The molecule has 2 nitrogen and oxygen atoms in total. The van der Waals surface area contributed by atoms with Crippen LogP contribution in [-0.2, 0) is 0 Å². The molecule has 0 aliphatic carbocycles. The lowest BCUT2D eigenvalue weighted by atomic mass is 10.0. The summed E-state index contributed by atoms with van der Waals surface area (Å²) in [5.74, 6) is -1.43. The van der Waals surface area contributed by atoms with Crippen molar-refractivity contribution in [3.8, 4) is 6.07 Å². The minimum absolute atomic E-state index is 0.0588. The molecule has 4 heteroatoms. The van der Waals surface area contributed by atoms with E-state index in [2.05, 4.69) is 0 Å². The number of benzene rings is 1. The average Bonchev–Trinajstić information content (AvgIpc) is 2.19. The Morgan fingerprint density at radius 3 is 2.79 bits per heavy atom. The van der Waals surface area contributed by atoms with E-state index in [0.717, 1.165) is 6.07 Å². The van der Waals surface area contributed by atoms with Crippen molar-refractivity contribution in [2.45, 2.75) is 6.92 Å². The van der Waals surface area contributed by atoms with Crippen molar-refractivity contribution in [1.82, 2.24) is 0 Å². The molecule has 72 valence electrons. The molecular weight excluding hydrogens is 205 g/mol. The summed E-state index contributed by atoms with van der Waals surface area (Å²) >= 11 is 5.30. The normalized spacial score (nSPS) is 9.57. The molecule has 0 saturated heterocycles. The Labute approximate surface area is 85.9 Å². The van der Waals surface area contributed by atoms with E-state index in [1.807, 2.05) is 6.07 Å². The second-order valence-corrected chi connectivity index (χ2v) is 3.08. The fourth-order valence-corrected chi connectivity index (χ4v) is 1.23. The molecule has 0 aromatic heterocycles. The highest BCUT2D eigenvalue weighted by Crippen LogP contribution is 2.15. The van der Waals surface area contributed by atoms with Gasteiger partial charge in [0, 0.05) is 0 Å². The van der Waals surface area contributed by atoms with E-state index < -0.39 is 11.6 Å². The first-order chi connectivity index (χ1) is 6.60. The lowest BCUT2D eigenvalue weighted by Gasteiger charge is -2.02. The number of rotatable bonds is 2. The van der Waals surface area contributed by atoms with Gasteiger partial charge in [0.05, 0.1) is 23.1 Å². The van der Waals surface area contributed by atoms with E-state index >= 15 is 0 Å². The topological polar surface area (TPSA) is 40.9 Å². The van der Waals surface area contributed by atoms with Gasteiger partial charge < -0.3 is 0 Å². The van der Waals surface area contributed by atoms with E-state index in [0.29, 0.717) is 5.56 Å². The summed E-state index contributed by atoms with van der Waals surface area (Å²) in [6, 6.07) is 4.23. The minimum Gasteiger partial charge on any atom is -0.293 e. The van der Waals surface area contributed by atoms with Crippen LogP contribution in [0.4, 0.5) is 4.39 Å². The summed E-state index contributed by atoms with van der Waals surface area (Å²) in [4.78, 5) is 11.1. The Bertz CT molecular complexity index is 423. The Kier molecular flexibility index (Phi) is 3.21. The fourth-order valence-electron chi connectivity index (χ4n) is 1.09. The zero-order valence-electron chi connectivity index (χ0n) is 7.47. The van der Waals surface area contributed by atoms with Gasteiger partial charge in [-0.3, -0.25) is 4.79 Å². The second-order valence-electron chi connectivity index (χ2n) is 2.82. The molecule has 0 heterocycles. The van der Waals surface area contributed by atoms with Crippen LogP contribution in [0.15, 0.2) is 12.1 Å². The highest BCUT2D eigenvalue weighted by atomic mass is 35.5. The number of nitriles is 1. The number of halogens is 2. The van der Waals surface area contributed by atoms with Gasteiger partial charge in [0.2, 0.25) is 0 Å². The molecular formula is C10H7ClFNO. The fraction of sp³-hybridized carbons (Fsp3) is 0.200. The number of nitrogens with zero attached hydrogens (tertiary/aromatic N) is 1. The zero-order chi connectivity index (χ0) is 10.7. The van der Waals surface area contributed by atoms with Crippen LogP contribution in [0.5, 0.6) is 0 Å². The number of hydrogen-bond donors (Lipinski definition) is 0. The third kappa shape index (κ3) is 1.91. The van der Waals surface area contributed by atoms with Crippen molar-refractivity contribution >= 4 is 17.4 Å². The van der Waals surface area contributed by atoms with Gasteiger partial charge in [-0.15, -0.1) is 11.6 Å². The van der Waals surface area contributed by atoms with Gasteiger partial charge in [-0.2, -0.15) is 5.26 Å². The molecule has 0 N–H and O–H groups in total. The summed E-state index contributed by atoms with van der Waals surface area (Å²) in [6.45, 7) is 1.64. The molecule has 0 aliphatic heterocycles. The van der Waals surface area contributed by atoms with Crippen LogP contribution in [-0.4, -0.2) is 11.7 Å². The standard InChI is InChI=1S/C10H7ClFNO/c1-6-2-8(10(14)4-11)9(12)3-7(6)5-13/h2-3H,4H2,1H3. The molecule has 0 aliphatic rings. The van der Waals surface area contributed by atoms with Crippen LogP contribution in [0.25, 0.3) is 0 Å². The molecule has 0 saturated carbocycles. The third-order valence-corrected chi connectivity index (χ3v) is 2.10. The van der Waals surface area contributed by atoms with Crippen LogP contribution in [0.3, 0.4) is 0 Å². The number of carbonyl (C=O) groups excluding carboxylic acids is 1. The Hall–Kier alpha value is -1.40. The summed E-state index contributed by atoms with van der Waals surface area (Å²) in [7, 11) is 0. The van der Waals surface area contributed by atoms with Gasteiger partial charge >= 0.3 is 0 Å². The van der Waals surface area contributed by atoms with Crippen molar-refractivity contribution in [3.63, 3.8) is 0 Å². The molecule has 14 heavy (non-hydrogen) atoms. The van der Waals surface area contributed by atoms with Crippen LogP contribution >= 0.6 is 11.6 Å². The Morgan fingerprint density at radius 2 is 2.29 bits per heavy atom. The van der Waals surface area contributed by atoms with Gasteiger partial charge in [0.25, 0.3) is 0 Å². The lowest BCUT2D eigenvalue weighted by molar-refractivity contribution is 0.101. The zero-order valence-corrected chi connectivity index (χ0v) is 8.23. The quantitative estimate of drug-likeness (QED) is 0.557.